The molecule has 0 amide bonds. The molecule has 0 radical (unpaired) electrons. The molecule has 0 spiro atoms. The zero-order valence-electron chi connectivity index (χ0n) is 10.3. The molecule has 0 fully saturated rings. The first-order valence-electron chi connectivity index (χ1n) is 5.40. The van der Waals surface area contributed by atoms with Crippen LogP contribution in [0.2, 0.25) is 0 Å². The van der Waals surface area contributed by atoms with E-state index >= 15 is 0 Å². The minimum atomic E-state index is -3.29. The van der Waals surface area contributed by atoms with Gasteiger partial charge in [-0.25, -0.2) is 23.2 Å². The predicted octanol–water partition coefficient (Wildman–Crippen LogP) is 1.37. The Hall–Kier alpha value is -2.48. The summed E-state index contributed by atoms with van der Waals surface area (Å²) in [6.45, 7) is 0. The lowest BCUT2D eigenvalue weighted by Gasteiger charge is -2.06. The topological polar surface area (TPSA) is 106 Å². The Morgan fingerprint density at radius 1 is 1.15 bits per heavy atom. The maximum absolute atomic E-state index is 11.3. The number of sulfone groups is 1. The highest BCUT2D eigenvalue weighted by Gasteiger charge is 2.15. The van der Waals surface area contributed by atoms with Crippen LogP contribution in [0.1, 0.15) is 10.5 Å². The van der Waals surface area contributed by atoms with Crippen LogP contribution in [0.4, 0.5) is 0 Å². The molecule has 1 N–H and O–H groups in total. The fourth-order valence-electron chi connectivity index (χ4n) is 1.41. The molecule has 0 saturated heterocycles. The van der Waals surface area contributed by atoms with Gasteiger partial charge < -0.3 is 9.84 Å². The molecule has 20 heavy (non-hydrogen) atoms. The van der Waals surface area contributed by atoms with E-state index in [2.05, 4.69) is 9.97 Å². The van der Waals surface area contributed by atoms with Crippen LogP contribution < -0.4 is 4.74 Å². The van der Waals surface area contributed by atoms with E-state index in [1.165, 1.54) is 36.7 Å². The Balaban J connectivity index is 2.30. The first kappa shape index (κ1) is 13.9. The van der Waals surface area contributed by atoms with E-state index in [1.54, 1.807) is 0 Å². The summed E-state index contributed by atoms with van der Waals surface area (Å²) in [4.78, 5) is 18.5. The van der Waals surface area contributed by atoms with Crippen molar-refractivity contribution in [3.05, 3.63) is 42.4 Å². The van der Waals surface area contributed by atoms with E-state index in [0.717, 1.165) is 6.26 Å². The predicted molar refractivity (Wildman–Crippen MR) is 68.6 cm³/mol. The standard InChI is InChI=1S/C12H10N2O5S/c1-20(17,18)9-4-2-8(3-5-9)19-11-10(12(15)16)13-6-7-14-11/h2-7H,1H3,(H,15,16). The summed E-state index contributed by atoms with van der Waals surface area (Å²) in [5.41, 5.74) is -0.320. The Bertz CT molecular complexity index is 741. The van der Waals surface area contributed by atoms with Gasteiger partial charge in [-0.1, -0.05) is 0 Å². The van der Waals surface area contributed by atoms with Crippen molar-refractivity contribution in [1.29, 1.82) is 0 Å². The number of rotatable bonds is 4. The number of carbonyl (C=O) groups is 1. The second-order valence-electron chi connectivity index (χ2n) is 3.86. The molecule has 1 aromatic heterocycles. The third kappa shape index (κ3) is 3.09. The number of aromatic nitrogens is 2. The largest absolute Gasteiger partial charge is 0.476 e. The van der Waals surface area contributed by atoms with Crippen molar-refractivity contribution in [2.45, 2.75) is 4.90 Å². The molecule has 0 atom stereocenters. The lowest BCUT2D eigenvalue weighted by atomic mass is 10.3. The Kier molecular flexibility index (Phi) is 3.66. The minimum absolute atomic E-state index is 0.141. The van der Waals surface area contributed by atoms with Crippen molar-refractivity contribution in [3.8, 4) is 11.6 Å². The zero-order valence-corrected chi connectivity index (χ0v) is 11.2. The van der Waals surface area contributed by atoms with Crippen LogP contribution in [0.3, 0.4) is 0 Å². The van der Waals surface area contributed by atoms with Crippen molar-refractivity contribution in [1.82, 2.24) is 9.97 Å². The van der Waals surface area contributed by atoms with E-state index in [4.69, 9.17) is 9.84 Å². The van der Waals surface area contributed by atoms with Crippen molar-refractivity contribution in [2.24, 2.45) is 0 Å². The fourth-order valence-corrected chi connectivity index (χ4v) is 2.04. The van der Waals surface area contributed by atoms with E-state index in [9.17, 15) is 13.2 Å². The van der Waals surface area contributed by atoms with Gasteiger partial charge in [0.05, 0.1) is 4.90 Å². The number of hydrogen-bond donors (Lipinski definition) is 1. The summed E-state index contributed by atoms with van der Waals surface area (Å²) in [5.74, 6) is -1.16. The highest BCUT2D eigenvalue weighted by molar-refractivity contribution is 7.90. The van der Waals surface area contributed by atoms with Crippen LogP contribution >= 0.6 is 0 Å². The molecule has 8 heteroatoms. The highest BCUT2D eigenvalue weighted by atomic mass is 32.2. The number of carboxylic acids is 1. The maximum Gasteiger partial charge on any atom is 0.360 e. The van der Waals surface area contributed by atoms with E-state index < -0.39 is 15.8 Å². The third-order valence-corrected chi connectivity index (χ3v) is 3.46. The molecule has 0 unspecified atom stereocenters. The third-order valence-electron chi connectivity index (χ3n) is 2.33. The summed E-state index contributed by atoms with van der Waals surface area (Å²) >= 11 is 0. The van der Waals surface area contributed by atoms with Gasteiger partial charge in [0.25, 0.3) is 5.88 Å². The number of ether oxygens (including phenoxy) is 1. The SMILES string of the molecule is CS(=O)(=O)c1ccc(Oc2nccnc2C(=O)O)cc1. The van der Waals surface area contributed by atoms with Crippen LogP contribution in [0, 0.1) is 0 Å². The lowest BCUT2D eigenvalue weighted by Crippen LogP contribution is -2.04. The maximum atomic E-state index is 11.3. The van der Waals surface area contributed by atoms with Crippen LogP contribution in [0.25, 0.3) is 0 Å². The van der Waals surface area contributed by atoms with Gasteiger partial charge >= 0.3 is 5.97 Å². The van der Waals surface area contributed by atoms with Crippen LogP contribution in [0.5, 0.6) is 11.6 Å². The van der Waals surface area contributed by atoms with Gasteiger partial charge in [0.1, 0.15) is 5.75 Å². The minimum Gasteiger partial charge on any atom is -0.476 e. The van der Waals surface area contributed by atoms with Gasteiger partial charge in [-0.3, -0.25) is 0 Å². The normalized spacial score (nSPS) is 11.1. The van der Waals surface area contributed by atoms with Gasteiger partial charge in [0.15, 0.2) is 9.84 Å². The van der Waals surface area contributed by atoms with Crippen molar-refractivity contribution in [3.63, 3.8) is 0 Å². The first-order valence-corrected chi connectivity index (χ1v) is 7.29. The average Bonchev–Trinajstić information content (AvgIpc) is 2.38. The molecule has 104 valence electrons. The van der Waals surface area contributed by atoms with E-state index in [-0.39, 0.29) is 22.2 Å². The summed E-state index contributed by atoms with van der Waals surface area (Å²) in [6.07, 6.45) is 3.63. The van der Waals surface area contributed by atoms with Crippen LogP contribution in [-0.2, 0) is 9.84 Å². The van der Waals surface area contributed by atoms with E-state index in [0.29, 0.717) is 0 Å². The highest BCUT2D eigenvalue weighted by Crippen LogP contribution is 2.23. The van der Waals surface area contributed by atoms with Crippen LogP contribution in [0.15, 0.2) is 41.6 Å². The summed E-state index contributed by atoms with van der Waals surface area (Å²) < 4.78 is 27.9. The second-order valence-corrected chi connectivity index (χ2v) is 5.88. The Labute approximate surface area is 114 Å². The van der Waals surface area contributed by atoms with E-state index in [1.807, 2.05) is 0 Å². The second kappa shape index (κ2) is 5.25. The quantitative estimate of drug-likeness (QED) is 0.907. The summed E-state index contributed by atoms with van der Waals surface area (Å²) in [5, 5.41) is 8.93. The van der Waals surface area contributed by atoms with Gasteiger partial charge in [-0.05, 0) is 24.3 Å². The molecule has 2 rings (SSSR count). The van der Waals surface area contributed by atoms with Crippen molar-refractivity contribution < 1.29 is 23.1 Å². The molecule has 1 aromatic carbocycles. The van der Waals surface area contributed by atoms with Gasteiger partial charge in [0, 0.05) is 18.6 Å². The number of nitrogens with zero attached hydrogens (tertiary/aromatic N) is 2. The Morgan fingerprint density at radius 3 is 2.30 bits per heavy atom. The van der Waals surface area contributed by atoms with Gasteiger partial charge in [-0.15, -0.1) is 0 Å². The molecule has 0 aliphatic rings. The number of carboxylic acid groups (broad SMARTS) is 1. The molecular weight excluding hydrogens is 284 g/mol. The molecule has 0 bridgehead atoms. The Morgan fingerprint density at radius 2 is 1.75 bits per heavy atom. The smallest absolute Gasteiger partial charge is 0.360 e. The average molecular weight is 294 g/mol. The summed E-state index contributed by atoms with van der Waals surface area (Å²) in [6, 6.07) is 5.55. The van der Waals surface area contributed by atoms with Gasteiger partial charge in [-0.2, -0.15) is 0 Å². The lowest BCUT2D eigenvalue weighted by molar-refractivity contribution is 0.0686. The first-order chi connectivity index (χ1) is 9.38. The number of aromatic carboxylic acids is 1. The summed E-state index contributed by atoms with van der Waals surface area (Å²) in [7, 11) is -3.29. The molecule has 1 heterocycles. The number of hydrogen-bond acceptors (Lipinski definition) is 6. The van der Waals surface area contributed by atoms with Crippen molar-refractivity contribution in [2.75, 3.05) is 6.26 Å². The molecular formula is C12H10N2O5S. The molecule has 2 aromatic rings. The zero-order chi connectivity index (χ0) is 14.8. The fraction of sp³-hybridized carbons (Fsp3) is 0.0833. The van der Waals surface area contributed by atoms with Crippen molar-refractivity contribution >= 4 is 15.8 Å². The van der Waals surface area contributed by atoms with Gasteiger partial charge in [0.2, 0.25) is 5.69 Å². The number of benzene rings is 1. The molecule has 0 aliphatic carbocycles. The monoisotopic (exact) mass is 294 g/mol. The molecule has 7 nitrogen and oxygen atoms in total. The molecule has 0 aliphatic heterocycles. The molecule has 0 saturated carbocycles. The van der Waals surface area contributed by atoms with Crippen LogP contribution in [-0.4, -0.2) is 35.7 Å².